The summed E-state index contributed by atoms with van der Waals surface area (Å²) in [4.78, 5) is 0. The van der Waals surface area contributed by atoms with E-state index in [1.807, 2.05) is 6.08 Å². The van der Waals surface area contributed by atoms with Crippen LogP contribution in [0.15, 0.2) is 12.2 Å². The van der Waals surface area contributed by atoms with Crippen LogP contribution in [0.3, 0.4) is 0 Å². The van der Waals surface area contributed by atoms with Crippen molar-refractivity contribution in [1.82, 2.24) is 0 Å². The molecule has 0 saturated carbocycles. The van der Waals surface area contributed by atoms with Crippen LogP contribution in [0, 0.1) is 5.92 Å². The van der Waals surface area contributed by atoms with Gasteiger partial charge in [0.15, 0.2) is 0 Å². The van der Waals surface area contributed by atoms with Gasteiger partial charge < -0.3 is 15.9 Å². The van der Waals surface area contributed by atoms with Crippen LogP contribution in [-0.2, 0) is 0 Å². The Labute approximate surface area is 131 Å². The van der Waals surface area contributed by atoms with E-state index < -0.39 is 12.1 Å². The van der Waals surface area contributed by atoms with Crippen LogP contribution in [0.25, 0.3) is 0 Å². The maximum atomic E-state index is 9.63. The van der Waals surface area contributed by atoms with Gasteiger partial charge in [-0.15, -0.1) is 0 Å². The molecule has 4 N–H and O–H groups in total. The summed E-state index contributed by atoms with van der Waals surface area (Å²) in [7, 11) is 0. The second kappa shape index (κ2) is 14.6. The number of aliphatic hydroxyl groups excluding tert-OH is 2. The average Bonchev–Trinajstić information content (AvgIpc) is 2.50. The first-order chi connectivity index (χ1) is 10.1. The van der Waals surface area contributed by atoms with E-state index >= 15 is 0 Å². The Morgan fingerprint density at radius 1 is 0.905 bits per heavy atom. The van der Waals surface area contributed by atoms with Crippen molar-refractivity contribution in [3.05, 3.63) is 12.2 Å². The summed E-state index contributed by atoms with van der Waals surface area (Å²) in [6, 6.07) is -0.568. The van der Waals surface area contributed by atoms with Crippen molar-refractivity contribution in [3.63, 3.8) is 0 Å². The molecule has 0 aromatic carbocycles. The zero-order valence-electron chi connectivity index (χ0n) is 14.1. The zero-order valence-corrected chi connectivity index (χ0v) is 14.1. The smallest absolute Gasteiger partial charge is 0.0894 e. The van der Waals surface area contributed by atoms with Crippen molar-refractivity contribution in [3.8, 4) is 0 Å². The highest BCUT2D eigenvalue weighted by Gasteiger charge is 2.09. The zero-order chi connectivity index (χ0) is 15.9. The minimum Gasteiger partial charge on any atom is -0.395 e. The summed E-state index contributed by atoms with van der Waals surface area (Å²) in [5.74, 6) is 0.468. The highest BCUT2D eigenvalue weighted by Crippen LogP contribution is 2.14. The van der Waals surface area contributed by atoms with Crippen LogP contribution in [0.2, 0.25) is 0 Å². The third-order valence-corrected chi connectivity index (χ3v) is 4.05. The fraction of sp³-hybridized carbons (Fsp3) is 0.889. The first kappa shape index (κ1) is 20.6. The number of nitrogens with two attached hydrogens (primary N) is 1. The highest BCUT2D eigenvalue weighted by atomic mass is 16.3. The summed E-state index contributed by atoms with van der Waals surface area (Å²) in [5.41, 5.74) is 5.55. The number of hydrogen-bond acceptors (Lipinski definition) is 3. The Balaban J connectivity index is 3.45. The van der Waals surface area contributed by atoms with E-state index in [0.717, 1.165) is 6.42 Å². The van der Waals surface area contributed by atoms with Crippen LogP contribution in [-0.4, -0.2) is 29.0 Å². The van der Waals surface area contributed by atoms with Crippen molar-refractivity contribution >= 4 is 0 Å². The predicted octanol–water partition coefficient (Wildman–Crippen LogP) is 3.78. The predicted molar refractivity (Wildman–Crippen MR) is 91.2 cm³/mol. The van der Waals surface area contributed by atoms with Crippen molar-refractivity contribution in [2.45, 2.75) is 90.2 Å². The lowest BCUT2D eigenvalue weighted by Crippen LogP contribution is -2.36. The molecule has 1 unspecified atom stereocenters. The second-order valence-corrected chi connectivity index (χ2v) is 6.32. The summed E-state index contributed by atoms with van der Waals surface area (Å²) >= 11 is 0. The van der Waals surface area contributed by atoms with Crippen LogP contribution in [0.1, 0.15) is 78.1 Å². The Morgan fingerprint density at radius 3 is 1.95 bits per heavy atom. The van der Waals surface area contributed by atoms with Gasteiger partial charge in [0.1, 0.15) is 0 Å². The quantitative estimate of drug-likeness (QED) is 0.338. The minimum atomic E-state index is -0.736. The molecule has 0 rings (SSSR count). The molecule has 0 saturated heterocycles. The molecule has 3 heteroatoms. The SMILES string of the molecule is CCCCCCCCCCCC(C)/C=C/[C@@H](O)[C@@H](N)CO. The molecule has 0 amide bonds. The monoisotopic (exact) mass is 299 g/mol. The Hall–Kier alpha value is -0.380. The van der Waals surface area contributed by atoms with Crippen LogP contribution in [0.5, 0.6) is 0 Å². The molecular weight excluding hydrogens is 262 g/mol. The van der Waals surface area contributed by atoms with Gasteiger partial charge in [0.25, 0.3) is 0 Å². The second-order valence-electron chi connectivity index (χ2n) is 6.32. The average molecular weight is 299 g/mol. The van der Waals surface area contributed by atoms with E-state index in [2.05, 4.69) is 13.8 Å². The third-order valence-electron chi connectivity index (χ3n) is 4.05. The maximum Gasteiger partial charge on any atom is 0.0894 e. The molecule has 0 radical (unpaired) electrons. The van der Waals surface area contributed by atoms with E-state index in [-0.39, 0.29) is 6.61 Å². The Bertz CT molecular complexity index is 243. The molecule has 126 valence electrons. The van der Waals surface area contributed by atoms with Crippen LogP contribution in [0.4, 0.5) is 0 Å². The van der Waals surface area contributed by atoms with Gasteiger partial charge in [-0.2, -0.15) is 0 Å². The molecule has 0 heterocycles. The molecule has 3 atom stereocenters. The summed E-state index contributed by atoms with van der Waals surface area (Å²) in [6.07, 6.45) is 16.3. The largest absolute Gasteiger partial charge is 0.395 e. The van der Waals surface area contributed by atoms with E-state index in [1.54, 1.807) is 6.08 Å². The molecule has 0 aliphatic rings. The minimum absolute atomic E-state index is 0.182. The van der Waals surface area contributed by atoms with E-state index in [1.165, 1.54) is 57.8 Å². The Kier molecular flexibility index (Phi) is 14.3. The number of rotatable bonds is 14. The lowest BCUT2D eigenvalue weighted by molar-refractivity contribution is 0.144. The number of unbranched alkanes of at least 4 members (excludes halogenated alkanes) is 8. The van der Waals surface area contributed by atoms with Crippen LogP contribution < -0.4 is 5.73 Å². The highest BCUT2D eigenvalue weighted by molar-refractivity contribution is 4.95. The number of aliphatic hydroxyl groups is 2. The topological polar surface area (TPSA) is 66.5 Å². The Morgan fingerprint density at radius 2 is 1.43 bits per heavy atom. The van der Waals surface area contributed by atoms with Crippen molar-refractivity contribution in [1.29, 1.82) is 0 Å². The first-order valence-electron chi connectivity index (χ1n) is 8.84. The van der Waals surface area contributed by atoms with Gasteiger partial charge in [0.2, 0.25) is 0 Å². The molecular formula is C18H37NO2. The van der Waals surface area contributed by atoms with Gasteiger partial charge in [0, 0.05) is 0 Å². The maximum absolute atomic E-state index is 9.63. The molecule has 0 fully saturated rings. The molecule has 0 spiro atoms. The van der Waals surface area contributed by atoms with E-state index in [4.69, 9.17) is 10.8 Å². The van der Waals surface area contributed by atoms with E-state index in [0.29, 0.717) is 5.92 Å². The molecule has 0 aliphatic carbocycles. The lowest BCUT2D eigenvalue weighted by Gasteiger charge is -2.13. The summed E-state index contributed by atoms with van der Waals surface area (Å²) < 4.78 is 0. The normalized spacial score (nSPS) is 16.2. The van der Waals surface area contributed by atoms with Gasteiger partial charge in [0.05, 0.1) is 18.8 Å². The molecule has 0 bridgehead atoms. The van der Waals surface area contributed by atoms with Gasteiger partial charge in [-0.3, -0.25) is 0 Å². The standard InChI is InChI=1S/C18H37NO2/c1-3-4-5-6-7-8-9-10-11-12-16(2)13-14-18(21)17(19)15-20/h13-14,16-18,20-21H,3-12,15,19H2,1-2H3/b14-13+/t16?,17-,18+/m0/s1. The van der Waals surface area contributed by atoms with E-state index in [9.17, 15) is 5.11 Å². The fourth-order valence-corrected chi connectivity index (χ4v) is 2.43. The summed E-state index contributed by atoms with van der Waals surface area (Å²) in [5, 5.41) is 18.5. The number of hydrogen-bond donors (Lipinski definition) is 3. The molecule has 0 aromatic rings. The third kappa shape index (κ3) is 13.0. The van der Waals surface area contributed by atoms with Crippen molar-refractivity contribution < 1.29 is 10.2 Å². The fourth-order valence-electron chi connectivity index (χ4n) is 2.43. The van der Waals surface area contributed by atoms with Gasteiger partial charge in [-0.1, -0.05) is 83.8 Å². The van der Waals surface area contributed by atoms with Crippen LogP contribution >= 0.6 is 0 Å². The number of allylic oxidation sites excluding steroid dienone is 1. The first-order valence-corrected chi connectivity index (χ1v) is 8.84. The molecule has 0 aliphatic heterocycles. The van der Waals surface area contributed by atoms with Crippen molar-refractivity contribution in [2.75, 3.05) is 6.61 Å². The van der Waals surface area contributed by atoms with Gasteiger partial charge in [-0.25, -0.2) is 0 Å². The molecule has 0 aromatic heterocycles. The van der Waals surface area contributed by atoms with Gasteiger partial charge >= 0.3 is 0 Å². The molecule has 3 nitrogen and oxygen atoms in total. The van der Waals surface area contributed by atoms with Crippen molar-refractivity contribution in [2.24, 2.45) is 11.7 Å². The molecule has 21 heavy (non-hydrogen) atoms. The van der Waals surface area contributed by atoms with Gasteiger partial charge in [-0.05, 0) is 12.3 Å². The lowest BCUT2D eigenvalue weighted by atomic mass is 10.00. The summed E-state index contributed by atoms with van der Waals surface area (Å²) in [6.45, 7) is 4.24.